The lowest BCUT2D eigenvalue weighted by Gasteiger charge is -2.19. The summed E-state index contributed by atoms with van der Waals surface area (Å²) in [5.41, 5.74) is 2.36. The molecule has 1 N–H and O–H groups in total. The maximum atomic E-state index is 4.40. The number of aromatic nitrogens is 4. The van der Waals surface area contributed by atoms with Gasteiger partial charge >= 0.3 is 0 Å². The van der Waals surface area contributed by atoms with E-state index in [0.29, 0.717) is 0 Å². The number of imidazole rings is 1. The Bertz CT molecular complexity index is 485. The van der Waals surface area contributed by atoms with Crippen LogP contribution >= 0.6 is 0 Å². The fourth-order valence-electron chi connectivity index (χ4n) is 2.20. The van der Waals surface area contributed by atoms with E-state index in [0.717, 1.165) is 25.2 Å². The Hall–Kier alpha value is -1.62. The van der Waals surface area contributed by atoms with Crippen molar-refractivity contribution in [1.82, 2.24) is 24.6 Å². The fourth-order valence-corrected chi connectivity index (χ4v) is 2.20. The largest absolute Gasteiger partial charge is 0.336 e. The maximum Gasteiger partial charge on any atom is 0.0946 e. The third-order valence-electron chi connectivity index (χ3n) is 3.04. The normalized spacial score (nSPS) is 12.8. The topological polar surface area (TPSA) is 47.7 Å². The van der Waals surface area contributed by atoms with Crippen molar-refractivity contribution in [2.24, 2.45) is 7.05 Å². The lowest BCUT2D eigenvalue weighted by atomic mass is 10.1. The van der Waals surface area contributed by atoms with Gasteiger partial charge in [-0.05, 0) is 19.0 Å². The summed E-state index contributed by atoms with van der Waals surface area (Å²) in [5.74, 6) is 0. The Morgan fingerprint density at radius 3 is 2.78 bits per heavy atom. The van der Waals surface area contributed by atoms with E-state index in [9.17, 15) is 0 Å². The first-order valence-electron chi connectivity index (χ1n) is 6.49. The van der Waals surface area contributed by atoms with E-state index in [1.165, 1.54) is 5.69 Å². The van der Waals surface area contributed by atoms with Gasteiger partial charge < -0.3 is 9.88 Å². The molecule has 0 aliphatic heterocycles. The van der Waals surface area contributed by atoms with E-state index in [2.05, 4.69) is 44.6 Å². The molecule has 2 aromatic rings. The van der Waals surface area contributed by atoms with Gasteiger partial charge in [-0.3, -0.25) is 4.68 Å². The molecule has 0 amide bonds. The number of aryl methyl sites for hydroxylation is 2. The summed E-state index contributed by atoms with van der Waals surface area (Å²) >= 11 is 0. The van der Waals surface area contributed by atoms with Crippen molar-refractivity contribution < 1.29 is 0 Å². The van der Waals surface area contributed by atoms with Crippen LogP contribution in [0.3, 0.4) is 0 Å². The van der Waals surface area contributed by atoms with Crippen LogP contribution in [0.2, 0.25) is 0 Å². The molecule has 5 heteroatoms. The maximum absolute atomic E-state index is 4.40. The molecule has 2 aromatic heterocycles. The van der Waals surface area contributed by atoms with Gasteiger partial charge in [0.15, 0.2) is 0 Å². The molecule has 0 saturated heterocycles. The highest BCUT2D eigenvalue weighted by atomic mass is 15.3. The molecule has 2 rings (SSSR count). The van der Waals surface area contributed by atoms with Crippen molar-refractivity contribution in [2.45, 2.75) is 32.9 Å². The summed E-state index contributed by atoms with van der Waals surface area (Å²) in [4.78, 5) is 4.20. The second-order valence-corrected chi connectivity index (χ2v) is 4.40. The van der Waals surface area contributed by atoms with Gasteiger partial charge in [-0.15, -0.1) is 0 Å². The first kappa shape index (κ1) is 12.8. The van der Waals surface area contributed by atoms with E-state index >= 15 is 0 Å². The number of hydrogen-bond acceptors (Lipinski definition) is 3. The Balaban J connectivity index is 2.35. The molecule has 0 spiro atoms. The molecule has 98 valence electrons. The molecule has 0 aliphatic carbocycles. The average Bonchev–Trinajstić information content (AvgIpc) is 2.96. The molecule has 1 unspecified atom stereocenters. The van der Waals surface area contributed by atoms with Gasteiger partial charge in [0.25, 0.3) is 0 Å². The van der Waals surface area contributed by atoms with E-state index in [4.69, 9.17) is 0 Å². The molecule has 0 aliphatic rings. The fraction of sp³-hybridized carbons (Fsp3) is 0.538. The van der Waals surface area contributed by atoms with Crippen LogP contribution in [0.15, 0.2) is 24.8 Å². The highest BCUT2D eigenvalue weighted by Gasteiger charge is 2.19. The van der Waals surface area contributed by atoms with Gasteiger partial charge in [-0.1, -0.05) is 13.8 Å². The van der Waals surface area contributed by atoms with Crippen LogP contribution < -0.4 is 5.32 Å². The number of hydrogen-bond donors (Lipinski definition) is 1. The average molecular weight is 247 g/mol. The van der Waals surface area contributed by atoms with Crippen molar-refractivity contribution in [3.8, 4) is 0 Å². The monoisotopic (exact) mass is 247 g/mol. The van der Waals surface area contributed by atoms with Crippen molar-refractivity contribution in [1.29, 1.82) is 0 Å². The van der Waals surface area contributed by atoms with E-state index in [1.54, 1.807) is 0 Å². The minimum absolute atomic E-state index is 0.150. The van der Waals surface area contributed by atoms with Crippen LogP contribution in [0.25, 0.3) is 0 Å². The van der Waals surface area contributed by atoms with Gasteiger partial charge in [0.1, 0.15) is 0 Å². The minimum Gasteiger partial charge on any atom is -0.336 e. The zero-order valence-electron chi connectivity index (χ0n) is 11.3. The zero-order valence-corrected chi connectivity index (χ0v) is 11.3. The van der Waals surface area contributed by atoms with Crippen LogP contribution in [0, 0.1) is 0 Å². The molecule has 5 nitrogen and oxygen atoms in total. The van der Waals surface area contributed by atoms with Crippen molar-refractivity contribution in [3.05, 3.63) is 36.2 Å². The lowest BCUT2D eigenvalue weighted by molar-refractivity contribution is 0.507. The van der Waals surface area contributed by atoms with Crippen LogP contribution in [0.4, 0.5) is 0 Å². The van der Waals surface area contributed by atoms with Crippen molar-refractivity contribution >= 4 is 0 Å². The molecule has 0 aromatic carbocycles. The van der Waals surface area contributed by atoms with Gasteiger partial charge in [0.2, 0.25) is 0 Å². The Morgan fingerprint density at radius 1 is 1.33 bits per heavy atom. The first-order valence-corrected chi connectivity index (χ1v) is 6.49. The van der Waals surface area contributed by atoms with Crippen molar-refractivity contribution in [3.63, 3.8) is 0 Å². The highest BCUT2D eigenvalue weighted by molar-refractivity contribution is 5.20. The molecule has 18 heavy (non-hydrogen) atoms. The van der Waals surface area contributed by atoms with Crippen molar-refractivity contribution in [2.75, 3.05) is 6.54 Å². The SMILES string of the molecule is CCCn1nccc1C(NCC)c1cncn1C. The van der Waals surface area contributed by atoms with Gasteiger partial charge in [0.05, 0.1) is 30.0 Å². The summed E-state index contributed by atoms with van der Waals surface area (Å²) in [7, 11) is 2.02. The van der Waals surface area contributed by atoms with E-state index < -0.39 is 0 Å². The second kappa shape index (κ2) is 5.82. The van der Waals surface area contributed by atoms with Crippen LogP contribution in [0.5, 0.6) is 0 Å². The quantitative estimate of drug-likeness (QED) is 0.845. The summed E-state index contributed by atoms with van der Waals surface area (Å²) < 4.78 is 4.12. The third kappa shape index (κ3) is 2.46. The molecule has 1 atom stereocenters. The van der Waals surface area contributed by atoms with Crippen LogP contribution in [-0.2, 0) is 13.6 Å². The van der Waals surface area contributed by atoms with Gasteiger partial charge in [-0.2, -0.15) is 5.10 Å². The lowest BCUT2D eigenvalue weighted by Crippen LogP contribution is -2.26. The Kier molecular flexibility index (Phi) is 4.15. The summed E-state index contributed by atoms with van der Waals surface area (Å²) in [5, 5.41) is 7.90. The van der Waals surface area contributed by atoms with Gasteiger partial charge in [-0.25, -0.2) is 4.98 Å². The number of nitrogens with zero attached hydrogens (tertiary/aromatic N) is 4. The van der Waals surface area contributed by atoms with E-state index in [1.807, 2.05) is 25.8 Å². The summed E-state index contributed by atoms with van der Waals surface area (Å²) in [6, 6.07) is 2.23. The Labute approximate surface area is 108 Å². The second-order valence-electron chi connectivity index (χ2n) is 4.40. The highest BCUT2D eigenvalue weighted by Crippen LogP contribution is 2.21. The van der Waals surface area contributed by atoms with Crippen LogP contribution in [0.1, 0.15) is 37.7 Å². The molecule has 0 fully saturated rings. The molecule has 0 radical (unpaired) electrons. The predicted octanol–water partition coefficient (Wildman–Crippen LogP) is 1.73. The molecular formula is C13H21N5. The van der Waals surface area contributed by atoms with E-state index in [-0.39, 0.29) is 6.04 Å². The summed E-state index contributed by atoms with van der Waals surface area (Å²) in [6.45, 7) is 6.14. The standard InChI is InChI=1S/C13H21N5/c1-4-8-18-11(6-7-16-18)13(15-5-2)12-9-14-10-17(12)3/h6-7,9-10,13,15H,4-5,8H2,1-3H3. The molecule has 0 saturated carbocycles. The van der Waals surface area contributed by atoms with Gasteiger partial charge in [0, 0.05) is 19.8 Å². The predicted molar refractivity (Wildman–Crippen MR) is 71.2 cm³/mol. The molecule has 0 bridgehead atoms. The molecule has 2 heterocycles. The van der Waals surface area contributed by atoms with Crippen LogP contribution in [-0.4, -0.2) is 25.9 Å². The smallest absolute Gasteiger partial charge is 0.0946 e. The number of rotatable bonds is 6. The number of nitrogens with one attached hydrogen (secondary N) is 1. The molecular weight excluding hydrogens is 226 g/mol. The first-order chi connectivity index (χ1) is 8.77. The Morgan fingerprint density at radius 2 is 2.17 bits per heavy atom. The third-order valence-corrected chi connectivity index (χ3v) is 3.04. The zero-order chi connectivity index (χ0) is 13.0. The summed E-state index contributed by atoms with van der Waals surface area (Å²) in [6.07, 6.45) is 6.70. The minimum atomic E-state index is 0.150.